The molecule has 0 saturated heterocycles. The molecule has 4 heteroatoms. The third-order valence-corrected chi connectivity index (χ3v) is 5.21. The predicted octanol–water partition coefficient (Wildman–Crippen LogP) is 6.15. The molecular weight excluding hydrogens is 390 g/mol. The van der Waals surface area contributed by atoms with Gasteiger partial charge in [0.1, 0.15) is 0 Å². The Morgan fingerprint density at radius 3 is 1.97 bits per heavy atom. The first kappa shape index (κ1) is 21.6. The predicted molar refractivity (Wildman–Crippen MR) is 125 cm³/mol. The number of ether oxygens (including phenoxy) is 1. The number of thioether (sulfide) groups is 1. The van der Waals surface area contributed by atoms with Crippen LogP contribution in [0, 0.1) is 0 Å². The largest absolute Gasteiger partial charge is 0.464 e. The summed E-state index contributed by atoms with van der Waals surface area (Å²) in [6.07, 6.45) is 2.46. The standard InChI is InChI=1S/C26H25NO2S/c1-2-29-26(28)24(19-12-20-30-23-17-10-5-11-18-23)27-25(21-13-6-3-7-14-21)22-15-8-4-9-16-22/h3-18,20,24H,2,19H2,1H3/b20-12+. The summed E-state index contributed by atoms with van der Waals surface area (Å²) in [5.74, 6) is -0.309. The molecule has 0 spiro atoms. The first-order valence-electron chi connectivity index (χ1n) is 10.00. The van der Waals surface area contributed by atoms with Crippen LogP contribution >= 0.6 is 11.8 Å². The van der Waals surface area contributed by atoms with Gasteiger partial charge in [-0.3, -0.25) is 4.99 Å². The molecule has 3 aromatic carbocycles. The first-order valence-corrected chi connectivity index (χ1v) is 10.9. The number of nitrogens with zero attached hydrogens (tertiary/aromatic N) is 1. The molecule has 0 aliphatic heterocycles. The van der Waals surface area contributed by atoms with E-state index < -0.39 is 6.04 Å². The van der Waals surface area contributed by atoms with Gasteiger partial charge in [-0.25, -0.2) is 4.79 Å². The number of carbonyl (C=O) groups excluding carboxylic acids is 1. The normalized spacial score (nSPS) is 11.8. The van der Waals surface area contributed by atoms with Crippen molar-refractivity contribution in [3.8, 4) is 0 Å². The second-order valence-electron chi connectivity index (χ2n) is 6.52. The molecule has 30 heavy (non-hydrogen) atoms. The molecular formula is C26H25NO2S. The summed E-state index contributed by atoms with van der Waals surface area (Å²) < 4.78 is 5.31. The summed E-state index contributed by atoms with van der Waals surface area (Å²) in [7, 11) is 0. The average Bonchev–Trinajstić information content (AvgIpc) is 2.80. The van der Waals surface area contributed by atoms with E-state index in [1.165, 1.54) is 0 Å². The quantitative estimate of drug-likeness (QED) is 0.239. The lowest BCUT2D eigenvalue weighted by Gasteiger charge is -2.14. The van der Waals surface area contributed by atoms with Gasteiger partial charge in [0.05, 0.1) is 12.3 Å². The summed E-state index contributed by atoms with van der Waals surface area (Å²) >= 11 is 1.62. The SMILES string of the molecule is CCOC(=O)C(C/C=C/Sc1ccccc1)N=C(c1ccccc1)c1ccccc1. The summed E-state index contributed by atoms with van der Waals surface area (Å²) in [4.78, 5) is 18.6. The molecule has 0 bridgehead atoms. The molecule has 0 N–H and O–H groups in total. The maximum Gasteiger partial charge on any atom is 0.331 e. The monoisotopic (exact) mass is 415 g/mol. The van der Waals surface area contributed by atoms with Gasteiger partial charge in [-0.1, -0.05) is 96.7 Å². The van der Waals surface area contributed by atoms with Crippen LogP contribution in [0.25, 0.3) is 0 Å². The van der Waals surface area contributed by atoms with Gasteiger partial charge in [-0.2, -0.15) is 0 Å². The number of rotatable bonds is 9. The van der Waals surface area contributed by atoms with E-state index in [0.717, 1.165) is 21.7 Å². The average molecular weight is 416 g/mol. The van der Waals surface area contributed by atoms with Crippen LogP contribution in [0.5, 0.6) is 0 Å². The van der Waals surface area contributed by atoms with Gasteiger partial charge in [0.25, 0.3) is 0 Å². The molecule has 0 fully saturated rings. The number of hydrogen-bond donors (Lipinski definition) is 0. The molecule has 1 atom stereocenters. The fourth-order valence-corrected chi connectivity index (χ4v) is 3.59. The molecule has 0 saturated carbocycles. The van der Waals surface area contributed by atoms with Gasteiger partial charge in [0.15, 0.2) is 6.04 Å². The summed E-state index contributed by atoms with van der Waals surface area (Å²) in [6, 6.07) is 29.4. The van der Waals surface area contributed by atoms with E-state index in [2.05, 4.69) is 12.1 Å². The van der Waals surface area contributed by atoms with Gasteiger partial charge < -0.3 is 4.74 Å². The molecule has 1 unspecified atom stereocenters. The third kappa shape index (κ3) is 6.46. The minimum Gasteiger partial charge on any atom is -0.464 e. The zero-order valence-corrected chi connectivity index (χ0v) is 17.8. The van der Waals surface area contributed by atoms with Crippen LogP contribution in [-0.4, -0.2) is 24.3 Å². The minimum atomic E-state index is -0.604. The lowest BCUT2D eigenvalue weighted by atomic mass is 10.0. The van der Waals surface area contributed by atoms with Gasteiger partial charge in [0.2, 0.25) is 0 Å². The third-order valence-electron chi connectivity index (χ3n) is 4.34. The summed E-state index contributed by atoms with van der Waals surface area (Å²) in [5, 5.41) is 2.00. The van der Waals surface area contributed by atoms with E-state index in [-0.39, 0.29) is 5.97 Å². The lowest BCUT2D eigenvalue weighted by Crippen LogP contribution is -2.23. The van der Waals surface area contributed by atoms with Crippen molar-refractivity contribution in [2.75, 3.05) is 6.61 Å². The molecule has 3 rings (SSSR count). The molecule has 0 aromatic heterocycles. The Labute approximate surface area is 182 Å². The molecule has 152 valence electrons. The highest BCUT2D eigenvalue weighted by Gasteiger charge is 2.19. The highest BCUT2D eigenvalue weighted by atomic mass is 32.2. The zero-order valence-electron chi connectivity index (χ0n) is 17.0. The molecule has 0 aliphatic carbocycles. The maximum absolute atomic E-state index is 12.6. The van der Waals surface area contributed by atoms with Gasteiger partial charge in [-0.15, -0.1) is 0 Å². The number of esters is 1. The Balaban J connectivity index is 1.86. The number of hydrogen-bond acceptors (Lipinski definition) is 4. The number of aliphatic imine (C=N–C) groups is 1. The Bertz CT molecular complexity index is 928. The Morgan fingerprint density at radius 1 is 0.900 bits per heavy atom. The van der Waals surface area contributed by atoms with Gasteiger partial charge in [0, 0.05) is 16.0 Å². The van der Waals surface area contributed by atoms with Crippen molar-refractivity contribution in [1.29, 1.82) is 0 Å². The van der Waals surface area contributed by atoms with Crippen LogP contribution in [0.1, 0.15) is 24.5 Å². The Kier molecular flexibility index (Phi) is 8.48. The van der Waals surface area contributed by atoms with Crippen LogP contribution < -0.4 is 0 Å². The van der Waals surface area contributed by atoms with E-state index in [0.29, 0.717) is 13.0 Å². The van der Waals surface area contributed by atoms with Crippen molar-refractivity contribution in [3.05, 3.63) is 114 Å². The highest BCUT2D eigenvalue weighted by molar-refractivity contribution is 8.02. The zero-order chi connectivity index (χ0) is 21.0. The van der Waals surface area contributed by atoms with Crippen LogP contribution in [-0.2, 0) is 9.53 Å². The van der Waals surface area contributed by atoms with Gasteiger partial charge >= 0.3 is 5.97 Å². The topological polar surface area (TPSA) is 38.7 Å². The fourth-order valence-electron chi connectivity index (χ4n) is 2.91. The van der Waals surface area contributed by atoms with E-state index >= 15 is 0 Å². The van der Waals surface area contributed by atoms with Crippen molar-refractivity contribution < 1.29 is 9.53 Å². The van der Waals surface area contributed by atoms with Crippen molar-refractivity contribution in [3.63, 3.8) is 0 Å². The summed E-state index contributed by atoms with van der Waals surface area (Å²) in [6.45, 7) is 2.15. The lowest BCUT2D eigenvalue weighted by molar-refractivity contribution is -0.144. The minimum absolute atomic E-state index is 0.309. The number of carbonyl (C=O) groups is 1. The smallest absolute Gasteiger partial charge is 0.331 e. The summed E-state index contributed by atoms with van der Waals surface area (Å²) in [5.41, 5.74) is 2.74. The van der Waals surface area contributed by atoms with E-state index in [9.17, 15) is 4.79 Å². The second-order valence-corrected chi connectivity index (χ2v) is 7.50. The van der Waals surface area contributed by atoms with Gasteiger partial charge in [-0.05, 0) is 30.9 Å². The van der Waals surface area contributed by atoms with E-state index in [1.54, 1.807) is 11.8 Å². The molecule has 3 nitrogen and oxygen atoms in total. The Morgan fingerprint density at radius 2 is 1.43 bits per heavy atom. The fraction of sp³-hybridized carbons (Fsp3) is 0.154. The second kappa shape index (κ2) is 11.8. The molecule has 0 amide bonds. The van der Waals surface area contributed by atoms with Crippen molar-refractivity contribution in [2.45, 2.75) is 24.3 Å². The van der Waals surface area contributed by atoms with Crippen molar-refractivity contribution in [1.82, 2.24) is 0 Å². The maximum atomic E-state index is 12.6. The molecule has 0 heterocycles. The van der Waals surface area contributed by atoms with Crippen molar-refractivity contribution >= 4 is 23.4 Å². The van der Waals surface area contributed by atoms with Crippen LogP contribution in [0.2, 0.25) is 0 Å². The highest BCUT2D eigenvalue weighted by Crippen LogP contribution is 2.19. The van der Waals surface area contributed by atoms with Crippen LogP contribution in [0.15, 0.2) is 112 Å². The van der Waals surface area contributed by atoms with E-state index in [1.807, 2.05) is 97.3 Å². The Hall–Kier alpha value is -3.11. The van der Waals surface area contributed by atoms with E-state index in [4.69, 9.17) is 9.73 Å². The number of benzene rings is 3. The first-order chi connectivity index (χ1) is 14.8. The molecule has 3 aromatic rings. The van der Waals surface area contributed by atoms with Crippen LogP contribution in [0.3, 0.4) is 0 Å². The van der Waals surface area contributed by atoms with Crippen LogP contribution in [0.4, 0.5) is 0 Å². The molecule has 0 aliphatic rings. The molecule has 0 radical (unpaired) electrons. The van der Waals surface area contributed by atoms with Crippen molar-refractivity contribution in [2.24, 2.45) is 4.99 Å².